The summed E-state index contributed by atoms with van der Waals surface area (Å²) in [7, 11) is 0. The van der Waals surface area contributed by atoms with Crippen molar-refractivity contribution >= 4 is 16.9 Å². The number of halogens is 1. The summed E-state index contributed by atoms with van der Waals surface area (Å²) in [6.45, 7) is 5.10. The maximum atomic E-state index is 13.1. The topological polar surface area (TPSA) is 47.4 Å². The number of carbonyl (C=O) groups excluding carboxylic acids is 1. The number of hydrogen-bond acceptors (Lipinski definition) is 3. The smallest absolute Gasteiger partial charge is 0.223 e. The Morgan fingerprint density at radius 3 is 2.75 bits per heavy atom. The lowest BCUT2D eigenvalue weighted by Crippen LogP contribution is -2.24. The number of amides is 1. The summed E-state index contributed by atoms with van der Waals surface area (Å²) in [6.07, 6.45) is 0.444. The highest BCUT2D eigenvalue weighted by molar-refractivity contribution is 5.81. The van der Waals surface area contributed by atoms with Crippen LogP contribution in [0, 0.1) is 5.82 Å². The first-order valence-electron chi connectivity index (χ1n) is 9.71. The van der Waals surface area contributed by atoms with Gasteiger partial charge in [0.1, 0.15) is 11.6 Å². The third kappa shape index (κ3) is 3.78. The van der Waals surface area contributed by atoms with Crippen LogP contribution in [0.4, 0.5) is 4.39 Å². The van der Waals surface area contributed by atoms with Crippen molar-refractivity contribution in [3.63, 3.8) is 0 Å². The number of aromatic nitrogens is 2. The largest absolute Gasteiger partial charge is 0.380 e. The van der Waals surface area contributed by atoms with Gasteiger partial charge in [-0.25, -0.2) is 9.37 Å². The van der Waals surface area contributed by atoms with Crippen LogP contribution >= 0.6 is 0 Å². The minimum absolute atomic E-state index is 0.0435. The Labute approximate surface area is 163 Å². The lowest BCUT2D eigenvalue weighted by atomic mass is 10.1. The van der Waals surface area contributed by atoms with Crippen molar-refractivity contribution < 1.29 is 13.9 Å². The highest BCUT2D eigenvalue weighted by atomic mass is 19.1. The molecule has 6 heteroatoms. The predicted molar refractivity (Wildman–Crippen MR) is 105 cm³/mol. The molecule has 2 aromatic carbocycles. The Balaban J connectivity index is 1.56. The molecule has 1 aliphatic heterocycles. The Kier molecular flexibility index (Phi) is 5.39. The molecule has 146 valence electrons. The van der Waals surface area contributed by atoms with Crippen LogP contribution in [-0.4, -0.2) is 40.1 Å². The number of nitrogens with zero attached hydrogens (tertiary/aromatic N) is 3. The molecule has 1 aliphatic rings. The van der Waals surface area contributed by atoms with E-state index in [4.69, 9.17) is 9.72 Å². The molecular formula is C22H24FN3O2. The van der Waals surface area contributed by atoms with E-state index in [1.54, 1.807) is 12.1 Å². The summed E-state index contributed by atoms with van der Waals surface area (Å²) >= 11 is 0. The molecule has 1 saturated heterocycles. The van der Waals surface area contributed by atoms with E-state index < -0.39 is 0 Å². The Hall–Kier alpha value is -2.73. The molecule has 1 aromatic heterocycles. The van der Waals surface area contributed by atoms with E-state index in [9.17, 15) is 9.18 Å². The zero-order valence-electron chi connectivity index (χ0n) is 16.0. The summed E-state index contributed by atoms with van der Waals surface area (Å²) in [5, 5.41) is 0. The quantitative estimate of drug-likeness (QED) is 0.586. The Morgan fingerprint density at radius 1 is 1.18 bits per heavy atom. The summed E-state index contributed by atoms with van der Waals surface area (Å²) in [5.74, 6) is 0.827. The molecule has 1 amide bonds. The van der Waals surface area contributed by atoms with Gasteiger partial charge in [-0.3, -0.25) is 4.79 Å². The molecule has 0 N–H and O–H groups in total. The van der Waals surface area contributed by atoms with E-state index >= 15 is 0 Å². The number of carbonyl (C=O) groups is 1. The van der Waals surface area contributed by atoms with Crippen LogP contribution in [0.1, 0.15) is 30.7 Å². The van der Waals surface area contributed by atoms with Crippen molar-refractivity contribution in [1.82, 2.24) is 14.5 Å². The van der Waals surface area contributed by atoms with E-state index in [2.05, 4.69) is 10.6 Å². The van der Waals surface area contributed by atoms with Gasteiger partial charge in [-0.2, -0.15) is 0 Å². The van der Waals surface area contributed by atoms with Crippen molar-refractivity contribution in [2.24, 2.45) is 0 Å². The monoisotopic (exact) mass is 381 g/mol. The Bertz CT molecular complexity index is 968. The van der Waals surface area contributed by atoms with Crippen LogP contribution in [-0.2, 0) is 22.6 Å². The number of hydrogen-bond donors (Lipinski definition) is 0. The zero-order chi connectivity index (χ0) is 19.5. The molecule has 0 spiro atoms. The molecular weight excluding hydrogens is 357 g/mol. The van der Waals surface area contributed by atoms with Crippen LogP contribution in [0.2, 0.25) is 0 Å². The van der Waals surface area contributed by atoms with Gasteiger partial charge >= 0.3 is 0 Å². The molecule has 0 saturated carbocycles. The number of ether oxygens (including phenoxy) is 1. The number of rotatable bonds is 7. The normalized spacial score (nSPS) is 17.0. The van der Waals surface area contributed by atoms with Crippen LogP contribution in [0.15, 0.2) is 48.5 Å². The number of fused-ring (bicyclic) bond motifs is 1. The van der Waals surface area contributed by atoms with E-state index in [1.165, 1.54) is 12.1 Å². The van der Waals surface area contributed by atoms with Crippen LogP contribution < -0.4 is 0 Å². The van der Waals surface area contributed by atoms with E-state index in [-0.39, 0.29) is 17.6 Å². The maximum absolute atomic E-state index is 13.1. The Morgan fingerprint density at radius 2 is 1.96 bits per heavy atom. The molecule has 5 nitrogen and oxygen atoms in total. The first kappa shape index (κ1) is 18.6. The lowest BCUT2D eigenvalue weighted by molar-refractivity contribution is -0.128. The minimum Gasteiger partial charge on any atom is -0.380 e. The number of para-hydroxylation sites is 2. The molecule has 4 rings (SSSR count). The third-order valence-corrected chi connectivity index (χ3v) is 5.21. The first-order chi connectivity index (χ1) is 13.7. The van der Waals surface area contributed by atoms with E-state index in [0.29, 0.717) is 39.3 Å². The second-order valence-electron chi connectivity index (χ2n) is 7.11. The second kappa shape index (κ2) is 8.10. The third-order valence-electron chi connectivity index (χ3n) is 5.21. The fourth-order valence-electron chi connectivity index (χ4n) is 3.85. The van der Waals surface area contributed by atoms with E-state index in [0.717, 1.165) is 22.4 Å². The van der Waals surface area contributed by atoms with Crippen molar-refractivity contribution in [3.05, 3.63) is 65.7 Å². The number of benzene rings is 2. The first-order valence-corrected chi connectivity index (χ1v) is 9.71. The summed E-state index contributed by atoms with van der Waals surface area (Å²) < 4.78 is 20.9. The van der Waals surface area contributed by atoms with Gasteiger partial charge in [0.05, 0.1) is 17.6 Å². The molecule has 1 fully saturated rings. The van der Waals surface area contributed by atoms with Gasteiger partial charge in [0.15, 0.2) is 0 Å². The van der Waals surface area contributed by atoms with Gasteiger partial charge in [0, 0.05) is 38.6 Å². The van der Waals surface area contributed by atoms with Gasteiger partial charge < -0.3 is 14.2 Å². The van der Waals surface area contributed by atoms with Crippen molar-refractivity contribution in [3.8, 4) is 0 Å². The molecule has 2 heterocycles. The average Bonchev–Trinajstić information content (AvgIpc) is 3.25. The van der Waals surface area contributed by atoms with Crippen LogP contribution in [0.5, 0.6) is 0 Å². The second-order valence-corrected chi connectivity index (χ2v) is 7.11. The molecule has 28 heavy (non-hydrogen) atoms. The summed E-state index contributed by atoms with van der Waals surface area (Å²) in [6, 6.07) is 14.4. The molecule has 0 aliphatic carbocycles. The minimum atomic E-state index is -0.266. The fourth-order valence-corrected chi connectivity index (χ4v) is 3.85. The number of imidazole rings is 1. The molecule has 0 bridgehead atoms. The molecule has 1 unspecified atom stereocenters. The van der Waals surface area contributed by atoms with Crippen molar-refractivity contribution in [2.45, 2.75) is 32.4 Å². The highest BCUT2D eigenvalue weighted by Crippen LogP contribution is 2.31. The number of likely N-dealkylation sites (tertiary alicyclic amines) is 1. The van der Waals surface area contributed by atoms with E-state index in [1.807, 2.05) is 30.0 Å². The van der Waals surface area contributed by atoms with Crippen molar-refractivity contribution in [2.75, 3.05) is 19.8 Å². The molecule has 0 radical (unpaired) electrons. The van der Waals surface area contributed by atoms with Gasteiger partial charge in [-0.1, -0.05) is 24.3 Å². The molecule has 1 atom stereocenters. The van der Waals surface area contributed by atoms with Gasteiger partial charge in [0.2, 0.25) is 5.91 Å². The summed E-state index contributed by atoms with van der Waals surface area (Å²) in [4.78, 5) is 19.3. The zero-order valence-corrected chi connectivity index (χ0v) is 16.0. The average molecular weight is 381 g/mol. The fraction of sp³-hybridized carbons (Fsp3) is 0.364. The summed E-state index contributed by atoms with van der Waals surface area (Å²) in [5.41, 5.74) is 2.94. The highest BCUT2D eigenvalue weighted by Gasteiger charge is 2.33. The van der Waals surface area contributed by atoms with Crippen LogP contribution in [0.25, 0.3) is 11.0 Å². The SMILES string of the molecule is CCOCCn1c(C2CC(=O)N(Cc3ccc(F)cc3)C2)nc2ccccc21. The van der Waals surface area contributed by atoms with Gasteiger partial charge in [0.25, 0.3) is 0 Å². The molecule has 3 aromatic rings. The standard InChI is InChI=1S/C22H24FN3O2/c1-2-28-12-11-26-20-6-4-3-5-19(20)24-22(26)17-13-21(27)25(15-17)14-16-7-9-18(23)10-8-16/h3-10,17H,2,11-15H2,1H3. The predicted octanol–water partition coefficient (Wildman–Crippen LogP) is 3.73. The maximum Gasteiger partial charge on any atom is 0.223 e. The van der Waals surface area contributed by atoms with Gasteiger partial charge in [-0.15, -0.1) is 0 Å². The van der Waals surface area contributed by atoms with Crippen molar-refractivity contribution in [1.29, 1.82) is 0 Å². The van der Waals surface area contributed by atoms with Crippen LogP contribution in [0.3, 0.4) is 0 Å². The lowest BCUT2D eigenvalue weighted by Gasteiger charge is -2.17. The van der Waals surface area contributed by atoms with Gasteiger partial charge in [-0.05, 0) is 36.8 Å².